The van der Waals surface area contributed by atoms with E-state index in [0.717, 1.165) is 5.56 Å². The summed E-state index contributed by atoms with van der Waals surface area (Å²) in [7, 11) is 0. The van der Waals surface area contributed by atoms with Crippen LogP contribution < -0.4 is 0 Å². The molecule has 0 aromatic heterocycles. The maximum atomic E-state index is 5.45. The highest BCUT2D eigenvalue weighted by Gasteiger charge is 1.89. The Balaban J connectivity index is 2.86. The standard InChI is InChI=1S/C10H9ClS/c1-12-10-6-2-4-9(8-10)5-3-7-11/h2,4,6,8H,7H2,1H3. The molecule has 0 amide bonds. The number of hydrogen-bond donors (Lipinski definition) is 0. The molecule has 0 bridgehead atoms. The molecular weight excluding hydrogens is 188 g/mol. The van der Waals surface area contributed by atoms with E-state index in [1.54, 1.807) is 11.8 Å². The summed E-state index contributed by atoms with van der Waals surface area (Å²) in [6.07, 6.45) is 2.05. The Bertz CT molecular complexity index is 309. The average Bonchev–Trinajstić information content (AvgIpc) is 2.15. The molecule has 2 heteroatoms. The second-order valence-corrected chi connectivity index (χ2v) is 3.31. The maximum absolute atomic E-state index is 5.45. The fourth-order valence-corrected chi connectivity index (χ4v) is 1.36. The van der Waals surface area contributed by atoms with E-state index in [2.05, 4.69) is 24.0 Å². The minimum Gasteiger partial charge on any atom is -0.130 e. The maximum Gasteiger partial charge on any atom is 0.0839 e. The van der Waals surface area contributed by atoms with Crippen LogP contribution in [0.4, 0.5) is 0 Å². The number of hydrogen-bond acceptors (Lipinski definition) is 1. The van der Waals surface area contributed by atoms with Crippen molar-refractivity contribution < 1.29 is 0 Å². The van der Waals surface area contributed by atoms with E-state index >= 15 is 0 Å². The second-order valence-electron chi connectivity index (χ2n) is 2.17. The first-order valence-electron chi connectivity index (χ1n) is 3.55. The third kappa shape index (κ3) is 2.81. The van der Waals surface area contributed by atoms with Gasteiger partial charge in [0.25, 0.3) is 0 Å². The predicted octanol–water partition coefficient (Wildman–Crippen LogP) is 3.00. The van der Waals surface area contributed by atoms with Crippen LogP contribution in [0.1, 0.15) is 5.56 Å². The Hall–Kier alpha value is -0.580. The summed E-state index contributed by atoms with van der Waals surface area (Å²) in [5.74, 6) is 6.19. The van der Waals surface area contributed by atoms with Crippen LogP contribution in [0.2, 0.25) is 0 Å². The van der Waals surface area contributed by atoms with Gasteiger partial charge in [0.05, 0.1) is 5.88 Å². The summed E-state index contributed by atoms with van der Waals surface area (Å²) < 4.78 is 0. The minimum absolute atomic E-state index is 0.392. The Morgan fingerprint density at radius 3 is 3.00 bits per heavy atom. The van der Waals surface area contributed by atoms with Gasteiger partial charge in [-0.05, 0) is 24.5 Å². The van der Waals surface area contributed by atoms with E-state index in [9.17, 15) is 0 Å². The van der Waals surface area contributed by atoms with Crippen LogP contribution in [-0.4, -0.2) is 12.1 Å². The molecule has 0 aliphatic carbocycles. The quantitative estimate of drug-likeness (QED) is 0.378. The molecule has 12 heavy (non-hydrogen) atoms. The van der Waals surface area contributed by atoms with Crippen molar-refractivity contribution in [3.8, 4) is 11.8 Å². The lowest BCUT2D eigenvalue weighted by Gasteiger charge is -1.94. The minimum atomic E-state index is 0.392. The van der Waals surface area contributed by atoms with Gasteiger partial charge in [-0.1, -0.05) is 17.9 Å². The summed E-state index contributed by atoms with van der Waals surface area (Å²) >= 11 is 7.16. The van der Waals surface area contributed by atoms with E-state index in [-0.39, 0.29) is 0 Å². The molecule has 0 N–H and O–H groups in total. The molecule has 0 saturated carbocycles. The van der Waals surface area contributed by atoms with Crippen LogP contribution in [0.3, 0.4) is 0 Å². The van der Waals surface area contributed by atoms with Crippen LogP contribution in [-0.2, 0) is 0 Å². The topological polar surface area (TPSA) is 0 Å². The number of thioether (sulfide) groups is 1. The molecule has 0 nitrogen and oxygen atoms in total. The van der Waals surface area contributed by atoms with Gasteiger partial charge in [0.2, 0.25) is 0 Å². The highest BCUT2D eigenvalue weighted by Crippen LogP contribution is 2.14. The summed E-state index contributed by atoms with van der Waals surface area (Å²) in [6.45, 7) is 0. The number of benzene rings is 1. The van der Waals surface area contributed by atoms with Gasteiger partial charge in [0, 0.05) is 10.5 Å². The van der Waals surface area contributed by atoms with Crippen LogP contribution in [0, 0.1) is 11.8 Å². The zero-order valence-electron chi connectivity index (χ0n) is 6.80. The third-order valence-electron chi connectivity index (χ3n) is 1.37. The van der Waals surface area contributed by atoms with Crippen molar-refractivity contribution in [2.24, 2.45) is 0 Å². The van der Waals surface area contributed by atoms with Crippen LogP contribution in [0.5, 0.6) is 0 Å². The van der Waals surface area contributed by atoms with E-state index in [1.165, 1.54) is 4.90 Å². The van der Waals surface area contributed by atoms with E-state index in [4.69, 9.17) is 11.6 Å². The van der Waals surface area contributed by atoms with E-state index in [1.807, 2.05) is 18.4 Å². The van der Waals surface area contributed by atoms with Crippen molar-refractivity contribution in [2.75, 3.05) is 12.1 Å². The van der Waals surface area contributed by atoms with Gasteiger partial charge >= 0.3 is 0 Å². The van der Waals surface area contributed by atoms with Crippen molar-refractivity contribution >= 4 is 23.4 Å². The summed E-state index contributed by atoms with van der Waals surface area (Å²) in [5, 5.41) is 0. The molecule has 0 aliphatic rings. The number of halogens is 1. The molecule has 1 aromatic rings. The van der Waals surface area contributed by atoms with Crippen LogP contribution in [0.25, 0.3) is 0 Å². The van der Waals surface area contributed by atoms with Crippen molar-refractivity contribution in [3.63, 3.8) is 0 Å². The van der Waals surface area contributed by atoms with Gasteiger partial charge in [-0.25, -0.2) is 0 Å². The Morgan fingerprint density at radius 1 is 1.50 bits per heavy atom. The first-order valence-corrected chi connectivity index (χ1v) is 5.31. The first kappa shape index (κ1) is 9.51. The fraction of sp³-hybridized carbons (Fsp3) is 0.200. The Morgan fingerprint density at radius 2 is 2.33 bits per heavy atom. The molecule has 0 heterocycles. The number of alkyl halides is 1. The zero-order chi connectivity index (χ0) is 8.81. The first-order chi connectivity index (χ1) is 5.86. The van der Waals surface area contributed by atoms with Crippen LogP contribution >= 0.6 is 23.4 Å². The molecule has 1 rings (SSSR count). The van der Waals surface area contributed by atoms with Gasteiger partial charge in [0.1, 0.15) is 0 Å². The fourth-order valence-electron chi connectivity index (χ4n) is 0.836. The van der Waals surface area contributed by atoms with Crippen molar-refractivity contribution in [2.45, 2.75) is 4.90 Å². The Labute approximate surface area is 82.3 Å². The lowest BCUT2D eigenvalue weighted by molar-refractivity contribution is 1.44. The lowest BCUT2D eigenvalue weighted by atomic mass is 10.2. The van der Waals surface area contributed by atoms with E-state index < -0.39 is 0 Å². The molecule has 0 aliphatic heterocycles. The monoisotopic (exact) mass is 196 g/mol. The molecule has 1 aromatic carbocycles. The molecule has 62 valence electrons. The molecule has 0 atom stereocenters. The van der Waals surface area contributed by atoms with Gasteiger partial charge in [0.15, 0.2) is 0 Å². The van der Waals surface area contributed by atoms with Gasteiger partial charge < -0.3 is 0 Å². The van der Waals surface area contributed by atoms with Crippen LogP contribution in [0.15, 0.2) is 29.2 Å². The van der Waals surface area contributed by atoms with Gasteiger partial charge in [-0.3, -0.25) is 0 Å². The SMILES string of the molecule is CSc1cccc(C#CCCl)c1. The zero-order valence-corrected chi connectivity index (χ0v) is 8.38. The normalized spacial score (nSPS) is 8.83. The highest BCUT2D eigenvalue weighted by atomic mass is 35.5. The van der Waals surface area contributed by atoms with Gasteiger partial charge in [-0.15, -0.1) is 23.4 Å². The smallest absolute Gasteiger partial charge is 0.0839 e. The van der Waals surface area contributed by atoms with Crippen molar-refractivity contribution in [1.29, 1.82) is 0 Å². The van der Waals surface area contributed by atoms with Crippen molar-refractivity contribution in [1.82, 2.24) is 0 Å². The third-order valence-corrected chi connectivity index (χ3v) is 2.23. The second kappa shape index (κ2) is 5.13. The highest BCUT2D eigenvalue weighted by molar-refractivity contribution is 7.98. The summed E-state index contributed by atoms with van der Waals surface area (Å²) in [4.78, 5) is 1.23. The van der Waals surface area contributed by atoms with E-state index in [0.29, 0.717) is 5.88 Å². The average molecular weight is 197 g/mol. The molecular formula is C10H9ClS. The largest absolute Gasteiger partial charge is 0.130 e. The molecule has 0 radical (unpaired) electrons. The summed E-state index contributed by atoms with van der Waals surface area (Å²) in [5.41, 5.74) is 1.03. The lowest BCUT2D eigenvalue weighted by Crippen LogP contribution is -1.75. The van der Waals surface area contributed by atoms with Gasteiger partial charge in [-0.2, -0.15) is 0 Å². The number of rotatable bonds is 1. The predicted molar refractivity (Wildman–Crippen MR) is 55.8 cm³/mol. The summed E-state index contributed by atoms with van der Waals surface area (Å²) in [6, 6.07) is 8.12. The molecule has 0 fully saturated rings. The molecule has 0 unspecified atom stereocenters. The molecule has 0 saturated heterocycles. The Kier molecular flexibility index (Phi) is 4.07. The van der Waals surface area contributed by atoms with Crippen molar-refractivity contribution in [3.05, 3.63) is 29.8 Å². The molecule has 0 spiro atoms.